The summed E-state index contributed by atoms with van der Waals surface area (Å²) in [6.45, 7) is 5.98. The van der Waals surface area contributed by atoms with Gasteiger partial charge in [0.1, 0.15) is 11.9 Å². The molecule has 2 aromatic rings. The molecule has 1 aromatic carbocycles. The fourth-order valence-electron chi connectivity index (χ4n) is 3.28. The quantitative estimate of drug-likeness (QED) is 0.512. The highest BCUT2D eigenvalue weighted by Gasteiger charge is 2.36. The number of nitrogens with zero attached hydrogens (tertiary/aromatic N) is 3. The summed E-state index contributed by atoms with van der Waals surface area (Å²) in [5.74, 6) is 1.18. The average molecular weight is 439 g/mol. The Balaban J connectivity index is 1.71. The molecule has 1 aliphatic rings. The van der Waals surface area contributed by atoms with Crippen LogP contribution in [-0.2, 0) is 31.1 Å². The molecule has 1 aliphatic heterocycles. The normalized spacial score (nSPS) is 17.1. The van der Waals surface area contributed by atoms with Gasteiger partial charge in [0.05, 0.1) is 19.8 Å². The average Bonchev–Trinajstić information content (AvgIpc) is 3.34. The molecule has 0 saturated carbocycles. The van der Waals surface area contributed by atoms with Crippen LogP contribution >= 0.6 is 0 Å². The van der Waals surface area contributed by atoms with Crippen molar-refractivity contribution in [3.05, 3.63) is 46.8 Å². The van der Waals surface area contributed by atoms with Gasteiger partial charge in [0.2, 0.25) is 0 Å². The van der Waals surface area contributed by atoms with E-state index in [4.69, 9.17) is 9.47 Å². The minimum Gasteiger partial charge on any atom is -0.488 e. The molecular weight excluding hydrogens is 411 g/mol. The Hall–Kier alpha value is -2.75. The van der Waals surface area contributed by atoms with Crippen molar-refractivity contribution in [1.29, 1.82) is 0 Å². The Kier molecular flexibility index (Phi) is 7.42. The number of nitrogens with one attached hydrogen (secondary N) is 2. The Bertz CT molecular complexity index is 905. The molecule has 1 fully saturated rings. The summed E-state index contributed by atoms with van der Waals surface area (Å²) < 4.78 is 52.1. The Morgan fingerprint density at radius 2 is 2.13 bits per heavy atom. The van der Waals surface area contributed by atoms with Crippen molar-refractivity contribution in [2.75, 3.05) is 19.8 Å². The molecule has 2 heterocycles. The maximum Gasteiger partial charge on any atom is 0.435 e. The number of rotatable bonds is 7. The van der Waals surface area contributed by atoms with E-state index in [9.17, 15) is 13.2 Å². The van der Waals surface area contributed by atoms with Gasteiger partial charge in [-0.1, -0.05) is 12.1 Å². The van der Waals surface area contributed by atoms with Gasteiger partial charge in [-0.15, -0.1) is 0 Å². The lowest BCUT2D eigenvalue weighted by molar-refractivity contribution is -0.142. The number of aliphatic imine (C=N–C) groups is 1. The fourth-order valence-corrected chi connectivity index (χ4v) is 3.28. The third kappa shape index (κ3) is 6.36. The molecule has 170 valence electrons. The van der Waals surface area contributed by atoms with Gasteiger partial charge in [-0.25, -0.2) is 4.99 Å². The first-order chi connectivity index (χ1) is 14.8. The summed E-state index contributed by atoms with van der Waals surface area (Å²) in [4.78, 5) is 4.32. The van der Waals surface area contributed by atoms with Gasteiger partial charge in [0, 0.05) is 43.9 Å². The number of ether oxygens (including phenoxy) is 2. The monoisotopic (exact) mass is 439 g/mol. The zero-order chi connectivity index (χ0) is 22.4. The largest absolute Gasteiger partial charge is 0.488 e. The molecule has 1 saturated heterocycles. The predicted molar refractivity (Wildman–Crippen MR) is 111 cm³/mol. The van der Waals surface area contributed by atoms with Crippen molar-refractivity contribution in [2.24, 2.45) is 12.0 Å². The predicted octanol–water partition coefficient (Wildman–Crippen LogP) is 3.17. The van der Waals surface area contributed by atoms with Gasteiger partial charge in [0.25, 0.3) is 0 Å². The topological polar surface area (TPSA) is 72.7 Å². The van der Waals surface area contributed by atoms with Crippen LogP contribution in [0.1, 0.15) is 35.7 Å². The van der Waals surface area contributed by atoms with Gasteiger partial charge in [-0.3, -0.25) is 4.68 Å². The number of benzene rings is 1. The van der Waals surface area contributed by atoms with Crippen molar-refractivity contribution in [3.8, 4) is 5.75 Å². The van der Waals surface area contributed by atoms with Crippen LogP contribution in [0.15, 0.2) is 29.4 Å². The van der Waals surface area contributed by atoms with Crippen molar-refractivity contribution in [3.63, 3.8) is 0 Å². The summed E-state index contributed by atoms with van der Waals surface area (Å²) in [7, 11) is 1.46. The fraction of sp³-hybridized carbons (Fsp3) is 0.524. The number of guanidine groups is 1. The van der Waals surface area contributed by atoms with E-state index in [0.717, 1.165) is 28.0 Å². The Morgan fingerprint density at radius 3 is 2.81 bits per heavy atom. The first-order valence-electron chi connectivity index (χ1n) is 10.2. The van der Waals surface area contributed by atoms with Crippen LogP contribution in [0.25, 0.3) is 0 Å². The number of alkyl halides is 3. The highest BCUT2D eigenvalue weighted by molar-refractivity contribution is 5.79. The van der Waals surface area contributed by atoms with Crippen molar-refractivity contribution >= 4 is 5.96 Å². The lowest BCUT2D eigenvalue weighted by Gasteiger charge is -2.18. The van der Waals surface area contributed by atoms with Crippen LogP contribution < -0.4 is 15.4 Å². The van der Waals surface area contributed by atoms with Crippen LogP contribution in [0.4, 0.5) is 13.2 Å². The minimum atomic E-state index is -4.52. The van der Waals surface area contributed by atoms with E-state index in [1.54, 1.807) is 0 Å². The molecule has 3 rings (SSSR count). The summed E-state index contributed by atoms with van der Waals surface area (Å²) in [6, 6.07) is 5.94. The van der Waals surface area contributed by atoms with Gasteiger partial charge < -0.3 is 20.1 Å². The van der Waals surface area contributed by atoms with E-state index in [1.165, 1.54) is 13.2 Å². The van der Waals surface area contributed by atoms with Crippen LogP contribution in [0, 0.1) is 6.92 Å². The van der Waals surface area contributed by atoms with Crippen molar-refractivity contribution < 1.29 is 22.6 Å². The maximum absolute atomic E-state index is 13.2. The Labute approximate surface area is 179 Å². The highest BCUT2D eigenvalue weighted by atomic mass is 19.4. The summed E-state index contributed by atoms with van der Waals surface area (Å²) >= 11 is 0. The maximum atomic E-state index is 13.2. The molecule has 31 heavy (non-hydrogen) atoms. The molecule has 0 amide bonds. The SMILES string of the molecule is CCNC(=NCc1cn(C)nc1C(F)(F)F)NCc1ccc(C)cc1OC1CCOC1. The summed E-state index contributed by atoms with van der Waals surface area (Å²) in [5.41, 5.74) is 1.12. The standard InChI is InChI=1S/C21H28F3N5O2/c1-4-25-20(27-11-16-12-29(3)28-19(16)21(22,23)24)26-10-15-6-5-14(2)9-18(15)31-17-7-8-30-13-17/h5-6,9,12,17H,4,7-8,10-11,13H2,1-3H3,(H2,25,26,27). The van der Waals surface area contributed by atoms with Gasteiger partial charge in [-0.05, 0) is 25.5 Å². The minimum absolute atomic E-state index is 0.0211. The second kappa shape index (κ2) is 10.0. The molecule has 1 aromatic heterocycles. The molecule has 10 heteroatoms. The number of hydrogen-bond donors (Lipinski definition) is 2. The summed E-state index contributed by atoms with van der Waals surface area (Å²) in [5, 5.41) is 9.76. The molecular formula is C21H28F3N5O2. The third-order valence-corrected chi connectivity index (χ3v) is 4.78. The van der Waals surface area contributed by atoms with E-state index in [1.807, 2.05) is 32.0 Å². The smallest absolute Gasteiger partial charge is 0.435 e. The molecule has 1 unspecified atom stereocenters. The number of hydrogen-bond acceptors (Lipinski definition) is 4. The van der Waals surface area contributed by atoms with Crippen LogP contribution in [0.3, 0.4) is 0 Å². The molecule has 0 spiro atoms. The first kappa shape index (κ1) is 22.9. The van der Waals surface area contributed by atoms with Crippen molar-refractivity contribution in [2.45, 2.75) is 45.6 Å². The first-order valence-corrected chi connectivity index (χ1v) is 10.2. The van der Waals surface area contributed by atoms with Gasteiger partial charge >= 0.3 is 6.18 Å². The third-order valence-electron chi connectivity index (χ3n) is 4.78. The molecule has 7 nitrogen and oxygen atoms in total. The van der Waals surface area contributed by atoms with E-state index < -0.39 is 11.9 Å². The van der Waals surface area contributed by atoms with Gasteiger partial charge in [-0.2, -0.15) is 18.3 Å². The van der Waals surface area contributed by atoms with Crippen LogP contribution in [0.2, 0.25) is 0 Å². The molecule has 0 bridgehead atoms. The number of halogens is 3. The molecule has 0 radical (unpaired) electrons. The summed E-state index contributed by atoms with van der Waals surface area (Å²) in [6.07, 6.45) is -2.31. The van der Waals surface area contributed by atoms with Crippen molar-refractivity contribution in [1.82, 2.24) is 20.4 Å². The van der Waals surface area contributed by atoms with E-state index in [2.05, 4.69) is 20.7 Å². The van der Waals surface area contributed by atoms with Crippen LogP contribution in [0.5, 0.6) is 5.75 Å². The lowest BCUT2D eigenvalue weighted by atomic mass is 10.1. The van der Waals surface area contributed by atoms with Crippen LogP contribution in [-0.4, -0.2) is 41.6 Å². The van der Waals surface area contributed by atoms with E-state index >= 15 is 0 Å². The number of aromatic nitrogens is 2. The second-order valence-electron chi connectivity index (χ2n) is 7.44. The number of aryl methyl sites for hydroxylation is 2. The molecule has 0 aliphatic carbocycles. The zero-order valence-corrected chi connectivity index (χ0v) is 17.9. The van der Waals surface area contributed by atoms with Gasteiger partial charge in [0.15, 0.2) is 11.7 Å². The second-order valence-corrected chi connectivity index (χ2v) is 7.44. The molecule has 2 N–H and O–H groups in total. The zero-order valence-electron chi connectivity index (χ0n) is 17.9. The van der Waals surface area contributed by atoms with E-state index in [0.29, 0.717) is 32.3 Å². The Morgan fingerprint density at radius 1 is 1.32 bits per heavy atom. The molecule has 1 atom stereocenters. The van der Waals surface area contributed by atoms with E-state index in [-0.39, 0.29) is 18.2 Å². The lowest BCUT2D eigenvalue weighted by Crippen LogP contribution is -2.37. The highest BCUT2D eigenvalue weighted by Crippen LogP contribution is 2.31.